The number of rotatable bonds is 4. The van der Waals surface area contributed by atoms with Crippen LogP contribution in [0.5, 0.6) is 5.75 Å². The molecule has 1 aromatic rings. The van der Waals surface area contributed by atoms with Crippen molar-refractivity contribution in [2.75, 3.05) is 6.61 Å². The van der Waals surface area contributed by atoms with Gasteiger partial charge in [-0.2, -0.15) is 0 Å². The second kappa shape index (κ2) is 10.3. The molecule has 1 fully saturated rings. The van der Waals surface area contributed by atoms with Gasteiger partial charge >= 0.3 is 7.32 Å². The van der Waals surface area contributed by atoms with Crippen molar-refractivity contribution in [3.63, 3.8) is 0 Å². The summed E-state index contributed by atoms with van der Waals surface area (Å²) in [5, 5.41) is 53.2. The highest BCUT2D eigenvalue weighted by Gasteiger charge is 2.45. The van der Waals surface area contributed by atoms with Crippen LogP contribution in [0, 0.1) is 0 Å². The van der Waals surface area contributed by atoms with Gasteiger partial charge in [-0.1, -0.05) is 18.2 Å². The Morgan fingerprint density at radius 1 is 1.20 bits per heavy atom. The molecular formula is C14H22BNO9. The van der Waals surface area contributed by atoms with E-state index in [1.807, 2.05) is 6.07 Å². The molecule has 1 aromatic carbocycles. The molecule has 11 heteroatoms. The number of nitrogens with one attached hydrogen (secondary N) is 1. The first-order valence-corrected chi connectivity index (χ1v) is 7.41. The zero-order chi connectivity index (χ0) is 19.0. The number of amides is 1. The summed E-state index contributed by atoms with van der Waals surface area (Å²) in [6.07, 6.45) is -4.64. The highest BCUT2D eigenvalue weighted by Crippen LogP contribution is 2.24. The summed E-state index contributed by atoms with van der Waals surface area (Å²) in [7, 11) is -2.17. The molecule has 7 N–H and O–H groups in total. The third kappa shape index (κ3) is 6.96. The number of para-hydroxylation sites is 1. The molecule has 0 aliphatic carbocycles. The third-order valence-corrected chi connectivity index (χ3v) is 3.25. The van der Waals surface area contributed by atoms with Crippen LogP contribution in [-0.4, -0.2) is 80.9 Å². The Morgan fingerprint density at radius 3 is 2.24 bits per heavy atom. The number of benzene rings is 1. The average Bonchev–Trinajstić information content (AvgIpc) is 2.54. The summed E-state index contributed by atoms with van der Waals surface area (Å²) >= 11 is 0. The number of ether oxygens (including phenoxy) is 2. The molecule has 10 nitrogen and oxygen atoms in total. The summed E-state index contributed by atoms with van der Waals surface area (Å²) < 4.78 is 11.0. The van der Waals surface area contributed by atoms with Gasteiger partial charge in [0.2, 0.25) is 12.2 Å². The van der Waals surface area contributed by atoms with Crippen LogP contribution in [0.2, 0.25) is 0 Å². The van der Waals surface area contributed by atoms with Crippen molar-refractivity contribution in [1.82, 2.24) is 5.32 Å². The van der Waals surface area contributed by atoms with E-state index in [9.17, 15) is 20.1 Å². The maximum absolute atomic E-state index is 11.2. The van der Waals surface area contributed by atoms with Gasteiger partial charge < -0.3 is 45.2 Å². The number of hydrogen-bond acceptors (Lipinski definition) is 9. The van der Waals surface area contributed by atoms with Gasteiger partial charge in [0, 0.05) is 6.92 Å². The van der Waals surface area contributed by atoms with Crippen molar-refractivity contribution in [2.45, 2.75) is 37.6 Å². The van der Waals surface area contributed by atoms with E-state index in [0.717, 1.165) is 0 Å². The second-order valence-corrected chi connectivity index (χ2v) is 5.21. The first-order valence-electron chi connectivity index (χ1n) is 7.41. The van der Waals surface area contributed by atoms with Crippen LogP contribution in [-0.2, 0) is 9.53 Å². The molecule has 1 saturated heterocycles. The first-order chi connectivity index (χ1) is 11.8. The highest BCUT2D eigenvalue weighted by molar-refractivity contribution is 6.30. The molecule has 25 heavy (non-hydrogen) atoms. The van der Waals surface area contributed by atoms with Gasteiger partial charge in [0.25, 0.3) is 0 Å². The van der Waals surface area contributed by atoms with Gasteiger partial charge in [0.15, 0.2) is 0 Å². The maximum atomic E-state index is 11.2. The van der Waals surface area contributed by atoms with E-state index in [2.05, 4.69) is 5.32 Å². The predicted molar refractivity (Wildman–Crippen MR) is 84.8 cm³/mol. The molecule has 1 heterocycles. The molecule has 5 atom stereocenters. The molecule has 1 unspecified atom stereocenters. The number of aliphatic hydroxyl groups excluding tert-OH is 3. The molecule has 0 saturated carbocycles. The highest BCUT2D eigenvalue weighted by atomic mass is 16.7. The average molecular weight is 359 g/mol. The Labute approximate surface area is 144 Å². The normalized spacial score (nSPS) is 28.4. The van der Waals surface area contributed by atoms with Crippen LogP contribution < -0.4 is 10.1 Å². The van der Waals surface area contributed by atoms with Crippen molar-refractivity contribution in [3.05, 3.63) is 30.3 Å². The minimum Gasteiger partial charge on any atom is -0.463 e. The predicted octanol–water partition coefficient (Wildman–Crippen LogP) is -3.04. The van der Waals surface area contributed by atoms with Gasteiger partial charge in [-0.3, -0.25) is 4.79 Å². The Hall–Kier alpha value is -1.73. The zero-order valence-corrected chi connectivity index (χ0v) is 13.5. The summed E-state index contributed by atoms with van der Waals surface area (Å²) in [5.74, 6) is 0.0945. The van der Waals surface area contributed by atoms with Gasteiger partial charge in [-0.25, -0.2) is 0 Å². The standard InChI is InChI=1S/C14H19NO6.BH3O3/c1-8(17)15-11-13(19)12(18)10(7-16)21-14(11)20-9-5-3-2-4-6-9;2-1(3)4/h2-6,10-14,16,18-19H,7H2,1H3,(H,15,17);2-4H/t10-,11-,12-,13-,14?;/m1./s1. The van der Waals surface area contributed by atoms with E-state index in [0.29, 0.717) is 5.75 Å². The van der Waals surface area contributed by atoms with E-state index in [1.165, 1.54) is 6.92 Å². The fourth-order valence-electron chi connectivity index (χ4n) is 2.20. The number of carbonyl (C=O) groups excluding carboxylic acids is 1. The molecule has 2 rings (SSSR count). The molecule has 0 spiro atoms. The van der Waals surface area contributed by atoms with Crippen LogP contribution in [0.25, 0.3) is 0 Å². The van der Waals surface area contributed by atoms with E-state index < -0.39 is 44.6 Å². The second-order valence-electron chi connectivity index (χ2n) is 5.21. The fraction of sp³-hybridized carbons (Fsp3) is 0.500. The quantitative estimate of drug-likeness (QED) is 0.276. The van der Waals surface area contributed by atoms with Crippen molar-refractivity contribution in [1.29, 1.82) is 0 Å². The summed E-state index contributed by atoms with van der Waals surface area (Å²) in [6.45, 7) is 0.816. The SMILES string of the molecule is CC(=O)N[C@H]1C(Oc2ccccc2)O[C@H](CO)[C@@H](O)[C@@H]1O.OB(O)O. The molecule has 140 valence electrons. The molecule has 0 aromatic heterocycles. The third-order valence-electron chi connectivity index (χ3n) is 3.25. The van der Waals surface area contributed by atoms with Crippen LogP contribution in [0.15, 0.2) is 30.3 Å². The summed E-state index contributed by atoms with van der Waals surface area (Å²) in [5.41, 5.74) is 0. The lowest BCUT2D eigenvalue weighted by Crippen LogP contribution is -2.65. The van der Waals surface area contributed by atoms with Crippen molar-refractivity contribution >= 4 is 13.2 Å². The van der Waals surface area contributed by atoms with Crippen molar-refractivity contribution < 1.29 is 44.7 Å². The lowest BCUT2D eigenvalue weighted by Gasteiger charge is -2.42. The van der Waals surface area contributed by atoms with Crippen LogP contribution in [0.4, 0.5) is 0 Å². The fourth-order valence-corrected chi connectivity index (χ4v) is 2.20. The van der Waals surface area contributed by atoms with Crippen LogP contribution in [0.1, 0.15) is 6.92 Å². The molecule has 1 aliphatic heterocycles. The molecule has 0 radical (unpaired) electrons. The van der Waals surface area contributed by atoms with Crippen molar-refractivity contribution in [3.8, 4) is 5.75 Å². The molecule has 1 aliphatic rings. The lowest BCUT2D eigenvalue weighted by molar-refractivity contribution is -0.244. The first kappa shape index (κ1) is 21.3. The lowest BCUT2D eigenvalue weighted by atomic mass is 9.97. The summed E-state index contributed by atoms with van der Waals surface area (Å²) in [6, 6.07) is 7.79. The van der Waals surface area contributed by atoms with E-state index >= 15 is 0 Å². The minimum atomic E-state index is -2.17. The Balaban J connectivity index is 0.000000705. The van der Waals surface area contributed by atoms with Gasteiger partial charge in [0.05, 0.1) is 6.61 Å². The van der Waals surface area contributed by atoms with Gasteiger partial charge in [-0.15, -0.1) is 0 Å². The van der Waals surface area contributed by atoms with Gasteiger partial charge in [-0.05, 0) is 12.1 Å². The van der Waals surface area contributed by atoms with Crippen LogP contribution in [0.3, 0.4) is 0 Å². The monoisotopic (exact) mass is 359 g/mol. The van der Waals surface area contributed by atoms with E-state index in [1.54, 1.807) is 24.3 Å². The smallest absolute Gasteiger partial charge is 0.463 e. The van der Waals surface area contributed by atoms with E-state index in [4.69, 9.17) is 24.5 Å². The topological polar surface area (TPSA) is 169 Å². The zero-order valence-electron chi connectivity index (χ0n) is 13.5. The Morgan fingerprint density at radius 2 is 1.76 bits per heavy atom. The minimum absolute atomic E-state index is 0.390. The number of aliphatic hydroxyl groups is 3. The Bertz CT molecular complexity index is 516. The van der Waals surface area contributed by atoms with E-state index in [-0.39, 0.29) is 5.91 Å². The Kier molecular flexibility index (Phi) is 8.79. The largest absolute Gasteiger partial charge is 0.631 e. The number of hydrogen-bond donors (Lipinski definition) is 7. The molecule has 0 bridgehead atoms. The maximum Gasteiger partial charge on any atom is 0.631 e. The number of carbonyl (C=O) groups is 1. The van der Waals surface area contributed by atoms with Crippen molar-refractivity contribution in [2.24, 2.45) is 0 Å². The summed E-state index contributed by atoms with van der Waals surface area (Å²) in [4.78, 5) is 11.2. The van der Waals surface area contributed by atoms with Gasteiger partial charge in [0.1, 0.15) is 30.1 Å². The molecular weight excluding hydrogens is 337 g/mol. The van der Waals surface area contributed by atoms with Crippen LogP contribution >= 0.6 is 0 Å². The molecule has 1 amide bonds.